The first-order chi connectivity index (χ1) is 11.2. The zero-order chi connectivity index (χ0) is 19.5. The smallest absolute Gasteiger partial charge is 0.408 e. The van der Waals surface area contributed by atoms with Crippen LogP contribution in [0, 0.1) is 3.57 Å². The Bertz CT molecular complexity index is 631. The standard InChI is InChI=1S/C19H28INO4/c1-17(2,3)24-15(22)19(7,21-16(23)25-18(4,5)6)12-13-9-8-10-14(20)11-13/h8-11H,12H2,1-7H3,(H,21,23)/t19-/m0/s1. The fourth-order valence-corrected chi connectivity index (χ4v) is 2.75. The maximum atomic E-state index is 12.8. The number of ether oxygens (including phenoxy) is 2. The summed E-state index contributed by atoms with van der Waals surface area (Å²) >= 11 is 2.21. The van der Waals surface area contributed by atoms with E-state index in [9.17, 15) is 9.59 Å². The van der Waals surface area contributed by atoms with Gasteiger partial charge in [0.25, 0.3) is 0 Å². The van der Waals surface area contributed by atoms with Crippen LogP contribution in [0.25, 0.3) is 0 Å². The van der Waals surface area contributed by atoms with E-state index in [1.807, 2.05) is 24.3 Å². The van der Waals surface area contributed by atoms with Crippen molar-refractivity contribution in [1.82, 2.24) is 5.32 Å². The molecule has 0 aromatic heterocycles. The summed E-state index contributed by atoms with van der Waals surface area (Å²) in [7, 11) is 0. The van der Waals surface area contributed by atoms with Gasteiger partial charge in [-0.1, -0.05) is 12.1 Å². The molecule has 0 radical (unpaired) electrons. The third-order valence-corrected chi connectivity index (χ3v) is 3.74. The lowest BCUT2D eigenvalue weighted by atomic mass is 9.92. The molecule has 1 amide bonds. The first-order valence-electron chi connectivity index (χ1n) is 8.19. The summed E-state index contributed by atoms with van der Waals surface area (Å²) in [5, 5.41) is 2.70. The molecule has 5 nitrogen and oxygen atoms in total. The largest absolute Gasteiger partial charge is 0.458 e. The van der Waals surface area contributed by atoms with Gasteiger partial charge in [0, 0.05) is 9.99 Å². The molecule has 0 aliphatic carbocycles. The molecule has 1 aromatic carbocycles. The van der Waals surface area contributed by atoms with Crippen molar-refractivity contribution in [2.24, 2.45) is 0 Å². The van der Waals surface area contributed by atoms with E-state index in [4.69, 9.17) is 9.47 Å². The monoisotopic (exact) mass is 461 g/mol. The lowest BCUT2D eigenvalue weighted by Gasteiger charge is -2.33. The van der Waals surface area contributed by atoms with Crippen LogP contribution in [-0.2, 0) is 20.7 Å². The lowest BCUT2D eigenvalue weighted by molar-refractivity contribution is -0.162. The van der Waals surface area contributed by atoms with E-state index in [0.717, 1.165) is 9.13 Å². The summed E-state index contributed by atoms with van der Waals surface area (Å²) in [4.78, 5) is 25.0. The molecule has 0 bridgehead atoms. The molecule has 0 fully saturated rings. The normalized spacial score (nSPS) is 14.4. The Morgan fingerprint density at radius 1 is 1.00 bits per heavy atom. The number of amides is 1. The van der Waals surface area contributed by atoms with Gasteiger partial charge in [-0.3, -0.25) is 0 Å². The van der Waals surface area contributed by atoms with Crippen molar-refractivity contribution in [2.75, 3.05) is 0 Å². The van der Waals surface area contributed by atoms with Crippen LogP contribution in [0.4, 0.5) is 4.79 Å². The number of esters is 1. The summed E-state index contributed by atoms with van der Waals surface area (Å²) < 4.78 is 11.9. The minimum absolute atomic E-state index is 0.304. The number of benzene rings is 1. The van der Waals surface area contributed by atoms with Crippen LogP contribution in [0.1, 0.15) is 54.0 Å². The maximum absolute atomic E-state index is 12.8. The molecule has 0 aliphatic rings. The molecular formula is C19H28INO4. The van der Waals surface area contributed by atoms with E-state index in [1.54, 1.807) is 48.5 Å². The number of carbonyl (C=O) groups excluding carboxylic acids is 2. The van der Waals surface area contributed by atoms with Gasteiger partial charge in [0.1, 0.15) is 16.7 Å². The minimum atomic E-state index is -1.24. The van der Waals surface area contributed by atoms with Crippen molar-refractivity contribution >= 4 is 34.7 Å². The molecule has 0 saturated carbocycles. The SMILES string of the molecule is CC(C)(C)OC(=O)N[C@@](C)(Cc1cccc(I)c1)C(=O)OC(C)(C)C. The van der Waals surface area contributed by atoms with Crippen LogP contribution in [0.5, 0.6) is 0 Å². The van der Waals surface area contributed by atoms with Gasteiger partial charge in [0.2, 0.25) is 0 Å². The van der Waals surface area contributed by atoms with Crippen LogP contribution in [0.15, 0.2) is 24.3 Å². The molecule has 6 heteroatoms. The summed E-state index contributed by atoms with van der Waals surface area (Å²) in [6.07, 6.45) is -0.343. The van der Waals surface area contributed by atoms with Gasteiger partial charge in [-0.15, -0.1) is 0 Å². The van der Waals surface area contributed by atoms with E-state index >= 15 is 0 Å². The Kier molecular flexibility index (Phi) is 6.89. The number of nitrogens with one attached hydrogen (secondary N) is 1. The van der Waals surface area contributed by atoms with Crippen LogP contribution in [-0.4, -0.2) is 28.8 Å². The minimum Gasteiger partial charge on any atom is -0.458 e. The van der Waals surface area contributed by atoms with E-state index < -0.39 is 28.8 Å². The first-order valence-corrected chi connectivity index (χ1v) is 9.27. The molecule has 140 valence electrons. The fourth-order valence-electron chi connectivity index (χ4n) is 2.14. The third-order valence-electron chi connectivity index (χ3n) is 3.07. The molecule has 0 unspecified atom stereocenters. The van der Waals surface area contributed by atoms with Gasteiger partial charge >= 0.3 is 12.1 Å². The Hall–Kier alpha value is -1.31. The van der Waals surface area contributed by atoms with Crippen molar-refractivity contribution in [3.63, 3.8) is 0 Å². The van der Waals surface area contributed by atoms with Crippen LogP contribution < -0.4 is 5.32 Å². The lowest BCUT2D eigenvalue weighted by Crippen LogP contribution is -2.56. The van der Waals surface area contributed by atoms with Crippen molar-refractivity contribution in [1.29, 1.82) is 0 Å². The van der Waals surface area contributed by atoms with Gasteiger partial charge in [-0.2, -0.15) is 0 Å². The van der Waals surface area contributed by atoms with Crippen molar-refractivity contribution < 1.29 is 19.1 Å². The van der Waals surface area contributed by atoms with Crippen molar-refractivity contribution in [3.8, 4) is 0 Å². The summed E-state index contributed by atoms with van der Waals surface area (Å²) in [6.45, 7) is 12.4. The van der Waals surface area contributed by atoms with Crippen LogP contribution in [0.3, 0.4) is 0 Å². The molecule has 0 spiro atoms. The second-order valence-corrected chi connectivity index (χ2v) is 9.51. The highest BCUT2D eigenvalue weighted by molar-refractivity contribution is 14.1. The third kappa shape index (κ3) is 8.07. The highest BCUT2D eigenvalue weighted by Gasteiger charge is 2.40. The molecule has 1 rings (SSSR count). The molecule has 1 N–H and O–H groups in total. The highest BCUT2D eigenvalue weighted by atomic mass is 127. The average molecular weight is 461 g/mol. The molecule has 1 aromatic rings. The zero-order valence-corrected chi connectivity index (χ0v) is 18.2. The second kappa shape index (κ2) is 7.93. The van der Waals surface area contributed by atoms with E-state index in [-0.39, 0.29) is 0 Å². The zero-order valence-electron chi connectivity index (χ0n) is 16.0. The summed E-state index contributed by atoms with van der Waals surface area (Å²) in [5.41, 5.74) is -1.61. The Morgan fingerprint density at radius 2 is 1.56 bits per heavy atom. The number of alkyl carbamates (subject to hydrolysis) is 1. The predicted octanol–water partition coefficient (Wildman–Crippen LogP) is 4.46. The average Bonchev–Trinajstić information content (AvgIpc) is 2.33. The Morgan fingerprint density at radius 3 is 2.04 bits per heavy atom. The molecule has 0 aliphatic heterocycles. The van der Waals surface area contributed by atoms with Gasteiger partial charge in [-0.05, 0) is 88.8 Å². The van der Waals surface area contributed by atoms with Crippen LogP contribution >= 0.6 is 22.6 Å². The fraction of sp³-hybridized carbons (Fsp3) is 0.579. The van der Waals surface area contributed by atoms with E-state index in [1.165, 1.54) is 0 Å². The predicted molar refractivity (Wildman–Crippen MR) is 106 cm³/mol. The Balaban J connectivity index is 3.08. The first kappa shape index (κ1) is 21.7. The molecule has 25 heavy (non-hydrogen) atoms. The number of hydrogen-bond acceptors (Lipinski definition) is 4. The number of halogens is 1. The van der Waals surface area contributed by atoms with E-state index in [0.29, 0.717) is 6.42 Å². The number of carbonyl (C=O) groups is 2. The number of rotatable bonds is 4. The molecule has 1 atom stereocenters. The molecule has 0 heterocycles. The number of hydrogen-bond donors (Lipinski definition) is 1. The summed E-state index contributed by atoms with van der Waals surface area (Å²) in [6, 6.07) is 7.78. The topological polar surface area (TPSA) is 64.6 Å². The Labute approximate surface area is 164 Å². The quantitative estimate of drug-likeness (QED) is 0.532. The molecular weight excluding hydrogens is 433 g/mol. The van der Waals surface area contributed by atoms with Gasteiger partial charge < -0.3 is 14.8 Å². The summed E-state index contributed by atoms with van der Waals surface area (Å²) in [5.74, 6) is -0.496. The van der Waals surface area contributed by atoms with Crippen LogP contribution in [0.2, 0.25) is 0 Å². The van der Waals surface area contributed by atoms with E-state index in [2.05, 4.69) is 27.9 Å². The van der Waals surface area contributed by atoms with Gasteiger partial charge in [0.05, 0.1) is 0 Å². The highest BCUT2D eigenvalue weighted by Crippen LogP contribution is 2.21. The van der Waals surface area contributed by atoms with Crippen molar-refractivity contribution in [2.45, 2.75) is 71.6 Å². The maximum Gasteiger partial charge on any atom is 0.408 e. The second-order valence-electron chi connectivity index (χ2n) is 8.27. The van der Waals surface area contributed by atoms with Crippen molar-refractivity contribution in [3.05, 3.63) is 33.4 Å². The van der Waals surface area contributed by atoms with Gasteiger partial charge in [0.15, 0.2) is 0 Å². The molecule has 0 saturated heterocycles. The van der Waals surface area contributed by atoms with Gasteiger partial charge in [-0.25, -0.2) is 9.59 Å².